The summed E-state index contributed by atoms with van der Waals surface area (Å²) in [6, 6.07) is -1.00. The molecule has 0 aromatic rings. The Hall–Kier alpha value is -2.77. The van der Waals surface area contributed by atoms with Crippen LogP contribution in [0.1, 0.15) is 373 Å². The Morgan fingerprint density at radius 3 is 0.964 bits per heavy atom. The average Bonchev–Trinajstić information content (AvgIpc) is 0.780. The smallest absolute Gasteiger partial charge is 0.220 e. The number of carbonyl (C=O) groups excluding carboxylic acids is 1. The van der Waals surface area contributed by atoms with Gasteiger partial charge in [0.15, 0.2) is 18.9 Å². The van der Waals surface area contributed by atoms with E-state index in [-0.39, 0.29) is 18.9 Å². The lowest BCUT2D eigenvalue weighted by molar-refractivity contribution is -0.379. The zero-order valence-electron chi connectivity index (χ0n) is 69.9. The standard InChI is InChI=1S/C92H167NO18/c1-3-5-7-9-11-13-15-17-19-21-23-25-27-29-31-33-35-37-39-41-43-45-47-49-51-53-55-57-59-61-63-65-67-69-76(97)75(74-106-90-86(104)83(101)88(78(72-95)108-90)111-92-87(105)84(102)89(79(73-96)109-92)110-91-85(103)82(100)81(99)77(71-94)107-91)93-80(98)70-68-66-64-62-60-58-56-54-52-50-48-46-44-42-40-38-36-34-32-30-28-26-24-22-20-18-16-14-12-10-8-6-4-2/h16,18,22,24,28,30,51,53,59,61,67,69,75-79,81-92,94-97,99-105H,3-15,17,19-21,23,25-27,29,31-50,52,54-58,60,62-66,68,70-74H2,1-2H3,(H,93,98)/b18-16-,24-22-,30-28-,53-51+,61-59+,69-67+. The largest absolute Gasteiger partial charge is 0.394 e. The van der Waals surface area contributed by atoms with Gasteiger partial charge in [0.05, 0.1) is 38.6 Å². The number of rotatable bonds is 74. The number of hydrogen-bond acceptors (Lipinski definition) is 18. The Bertz CT molecular complexity index is 2280. The predicted molar refractivity (Wildman–Crippen MR) is 448 cm³/mol. The molecule has 1 amide bonds. The van der Waals surface area contributed by atoms with Crippen molar-refractivity contribution in [2.24, 2.45) is 0 Å². The number of carbonyl (C=O) groups is 1. The quantitative estimate of drug-likeness (QED) is 0.0199. The number of amides is 1. The van der Waals surface area contributed by atoms with Crippen LogP contribution >= 0.6 is 0 Å². The second kappa shape index (κ2) is 71.3. The molecule has 3 rings (SSSR count). The van der Waals surface area contributed by atoms with Crippen molar-refractivity contribution in [1.29, 1.82) is 0 Å². The van der Waals surface area contributed by atoms with E-state index in [0.29, 0.717) is 12.8 Å². The highest BCUT2D eigenvalue weighted by Gasteiger charge is 2.54. The van der Waals surface area contributed by atoms with Gasteiger partial charge in [0.25, 0.3) is 0 Å². The lowest BCUT2D eigenvalue weighted by Gasteiger charge is -2.48. The average molecular weight is 1580 g/mol. The van der Waals surface area contributed by atoms with Crippen LogP contribution in [0.15, 0.2) is 72.9 Å². The monoisotopic (exact) mass is 1570 g/mol. The molecule has 12 N–H and O–H groups in total. The summed E-state index contributed by atoms with van der Waals surface area (Å²) in [6.45, 7) is 1.75. The molecule has 19 nitrogen and oxygen atoms in total. The van der Waals surface area contributed by atoms with Crippen molar-refractivity contribution < 1.29 is 89.4 Å². The Morgan fingerprint density at radius 2 is 0.604 bits per heavy atom. The maximum absolute atomic E-state index is 13.5. The van der Waals surface area contributed by atoms with E-state index < -0.39 is 124 Å². The van der Waals surface area contributed by atoms with Crippen molar-refractivity contribution >= 4 is 5.91 Å². The molecular weight excluding hydrogens is 1410 g/mol. The molecule has 3 aliphatic heterocycles. The third-order valence-corrected chi connectivity index (χ3v) is 22.5. The summed E-state index contributed by atoms with van der Waals surface area (Å²) in [5.41, 5.74) is 0. The fraction of sp³-hybridized carbons (Fsp3) is 0.859. The highest BCUT2D eigenvalue weighted by molar-refractivity contribution is 5.76. The van der Waals surface area contributed by atoms with Gasteiger partial charge in [-0.25, -0.2) is 0 Å². The fourth-order valence-electron chi connectivity index (χ4n) is 15.2. The van der Waals surface area contributed by atoms with E-state index in [0.717, 1.165) is 57.8 Å². The first-order valence-corrected chi connectivity index (χ1v) is 45.7. The number of ether oxygens (including phenoxy) is 6. The minimum Gasteiger partial charge on any atom is -0.394 e. The molecule has 0 aromatic carbocycles. The van der Waals surface area contributed by atoms with Crippen molar-refractivity contribution in [1.82, 2.24) is 5.32 Å². The minimum atomic E-state index is -1.99. The van der Waals surface area contributed by atoms with Gasteiger partial charge in [-0.1, -0.05) is 356 Å². The zero-order chi connectivity index (χ0) is 80.3. The second-order valence-electron chi connectivity index (χ2n) is 32.4. The number of aliphatic hydroxyl groups is 11. The van der Waals surface area contributed by atoms with Crippen LogP contribution in [0.25, 0.3) is 0 Å². The molecule has 17 unspecified atom stereocenters. The van der Waals surface area contributed by atoms with Crippen LogP contribution < -0.4 is 5.32 Å². The summed E-state index contributed by atoms with van der Waals surface area (Å²) < 4.78 is 34.5. The summed E-state index contributed by atoms with van der Waals surface area (Å²) in [4.78, 5) is 13.5. The first-order valence-electron chi connectivity index (χ1n) is 45.7. The first-order chi connectivity index (χ1) is 54.3. The highest BCUT2D eigenvalue weighted by Crippen LogP contribution is 2.34. The van der Waals surface area contributed by atoms with Crippen LogP contribution in [0, 0.1) is 0 Å². The lowest BCUT2D eigenvalue weighted by atomic mass is 9.96. The Labute approximate surface area is 674 Å². The molecule has 19 heteroatoms. The number of aliphatic hydroxyl groups excluding tert-OH is 11. The zero-order valence-corrected chi connectivity index (χ0v) is 69.9. The van der Waals surface area contributed by atoms with Crippen LogP contribution in [0.4, 0.5) is 0 Å². The molecule has 3 heterocycles. The van der Waals surface area contributed by atoms with Gasteiger partial charge >= 0.3 is 0 Å². The van der Waals surface area contributed by atoms with E-state index in [1.54, 1.807) is 6.08 Å². The molecule has 648 valence electrons. The molecule has 0 radical (unpaired) electrons. The summed E-state index contributed by atoms with van der Waals surface area (Å²) >= 11 is 0. The van der Waals surface area contributed by atoms with Gasteiger partial charge in [-0.2, -0.15) is 0 Å². The lowest BCUT2D eigenvalue weighted by Crippen LogP contribution is -2.66. The van der Waals surface area contributed by atoms with E-state index in [1.165, 1.54) is 283 Å². The van der Waals surface area contributed by atoms with Crippen LogP contribution in [0.5, 0.6) is 0 Å². The van der Waals surface area contributed by atoms with E-state index in [1.807, 2.05) is 6.08 Å². The molecule has 3 fully saturated rings. The van der Waals surface area contributed by atoms with Crippen LogP contribution in [0.2, 0.25) is 0 Å². The number of allylic oxidation sites excluding steroid dienone is 11. The van der Waals surface area contributed by atoms with E-state index in [4.69, 9.17) is 28.4 Å². The second-order valence-corrected chi connectivity index (χ2v) is 32.4. The molecule has 0 bridgehead atoms. The minimum absolute atomic E-state index is 0.232. The van der Waals surface area contributed by atoms with Gasteiger partial charge in [-0.05, 0) is 83.5 Å². The molecule has 0 saturated carbocycles. The Morgan fingerprint density at radius 1 is 0.324 bits per heavy atom. The normalized spacial score (nSPS) is 25.4. The van der Waals surface area contributed by atoms with Gasteiger partial charge in [-0.15, -0.1) is 0 Å². The molecule has 0 aliphatic carbocycles. The van der Waals surface area contributed by atoms with Gasteiger partial charge in [0, 0.05) is 6.42 Å². The summed E-state index contributed by atoms with van der Waals surface area (Å²) in [7, 11) is 0. The van der Waals surface area contributed by atoms with Crippen molar-refractivity contribution in [3.8, 4) is 0 Å². The number of unbranched alkanes of at least 4 members (excludes halogenated alkanes) is 48. The molecular formula is C92H167NO18. The SMILES string of the molecule is CCCCCCC/C=C\C/C=C\C/C=C\CCCCCCCCCCCCCCCCCCCCC(=O)NC(COC1OC(CO)C(OC2OC(CO)C(OC3OC(CO)C(O)C(O)C3O)C(O)C2O)C(O)C1O)C(O)/C=C/CC/C=C/CC/C=C/CCCCCCCCCCCCCCCCCCCCCCCCC. The number of hydrogen-bond donors (Lipinski definition) is 12. The van der Waals surface area contributed by atoms with E-state index in [9.17, 15) is 61.0 Å². The molecule has 3 saturated heterocycles. The highest BCUT2D eigenvalue weighted by atomic mass is 16.8. The van der Waals surface area contributed by atoms with Gasteiger partial charge in [0.1, 0.15) is 73.2 Å². The maximum atomic E-state index is 13.5. The van der Waals surface area contributed by atoms with E-state index in [2.05, 4.69) is 79.9 Å². The molecule has 111 heavy (non-hydrogen) atoms. The van der Waals surface area contributed by atoms with E-state index >= 15 is 0 Å². The molecule has 0 spiro atoms. The maximum Gasteiger partial charge on any atom is 0.220 e. The predicted octanol–water partition coefficient (Wildman–Crippen LogP) is 17.5. The topological polar surface area (TPSA) is 307 Å². The molecule has 0 aromatic heterocycles. The van der Waals surface area contributed by atoms with Crippen LogP contribution in [-0.4, -0.2) is 193 Å². The third kappa shape index (κ3) is 49.9. The van der Waals surface area contributed by atoms with Crippen molar-refractivity contribution in [2.45, 2.75) is 478 Å². The number of nitrogens with one attached hydrogen (secondary N) is 1. The van der Waals surface area contributed by atoms with Crippen molar-refractivity contribution in [3.05, 3.63) is 72.9 Å². The Balaban J connectivity index is 1.34. The van der Waals surface area contributed by atoms with Crippen LogP contribution in [-0.2, 0) is 33.2 Å². The summed E-state index contributed by atoms with van der Waals surface area (Å²) in [5.74, 6) is -0.285. The molecule has 3 aliphatic rings. The summed E-state index contributed by atoms with van der Waals surface area (Å²) in [6.07, 6.45) is 69.2. The van der Waals surface area contributed by atoms with Gasteiger partial charge in [-0.3, -0.25) is 4.79 Å². The van der Waals surface area contributed by atoms with Crippen LogP contribution in [0.3, 0.4) is 0 Å². The van der Waals surface area contributed by atoms with Crippen molar-refractivity contribution in [3.63, 3.8) is 0 Å². The fourth-order valence-corrected chi connectivity index (χ4v) is 15.2. The Kier molecular flexibility index (Phi) is 65.8. The third-order valence-electron chi connectivity index (χ3n) is 22.5. The first kappa shape index (κ1) is 102. The van der Waals surface area contributed by atoms with Gasteiger partial charge < -0.3 is 89.9 Å². The van der Waals surface area contributed by atoms with Crippen molar-refractivity contribution in [2.75, 3.05) is 26.4 Å². The van der Waals surface area contributed by atoms with Gasteiger partial charge in [0.2, 0.25) is 5.91 Å². The summed E-state index contributed by atoms with van der Waals surface area (Å²) in [5, 5.41) is 121. The molecule has 17 atom stereocenters.